The minimum Gasteiger partial charge on any atom is -0.412 e. The number of rotatable bonds is 1. The number of halogens is 2. The lowest BCUT2D eigenvalue weighted by Crippen LogP contribution is -2.10. The summed E-state index contributed by atoms with van der Waals surface area (Å²) in [7, 11) is 1.80. The number of aryl methyl sites for hydroxylation is 1. The number of methoxy groups -OCH3 is 1. The van der Waals surface area contributed by atoms with Gasteiger partial charge in [-0.25, -0.2) is 0 Å². The zero-order valence-electron chi connectivity index (χ0n) is 8.73. The summed E-state index contributed by atoms with van der Waals surface area (Å²) >= 11 is 0. The standard InChI is InChI=1S/C11H14O.2ClH.H2O/c1-12-11-8-4-6-9-5-2-3-7-10(9)11;;;/h2-3,5,7,11H,4,6,8H2,1H3;2*1H;1H2. The molecule has 1 atom stereocenters. The van der Waals surface area contributed by atoms with E-state index < -0.39 is 0 Å². The van der Waals surface area contributed by atoms with Crippen LogP contribution in [0.15, 0.2) is 24.3 Å². The topological polar surface area (TPSA) is 40.7 Å². The highest BCUT2D eigenvalue weighted by atomic mass is 35.5. The summed E-state index contributed by atoms with van der Waals surface area (Å²) in [6.07, 6.45) is 3.99. The summed E-state index contributed by atoms with van der Waals surface area (Å²) in [5.74, 6) is 0. The van der Waals surface area contributed by atoms with Crippen LogP contribution in [-0.2, 0) is 11.2 Å². The molecule has 0 saturated carbocycles. The van der Waals surface area contributed by atoms with Crippen LogP contribution >= 0.6 is 24.8 Å². The molecule has 1 aromatic rings. The number of fused-ring (bicyclic) bond motifs is 1. The van der Waals surface area contributed by atoms with E-state index in [1.807, 2.05) is 0 Å². The lowest BCUT2D eigenvalue weighted by atomic mass is 9.89. The van der Waals surface area contributed by atoms with Crippen molar-refractivity contribution >= 4 is 24.8 Å². The smallest absolute Gasteiger partial charge is 0.0823 e. The fraction of sp³-hybridized carbons (Fsp3) is 0.455. The van der Waals surface area contributed by atoms with Crippen LogP contribution in [0.25, 0.3) is 0 Å². The van der Waals surface area contributed by atoms with Crippen LogP contribution < -0.4 is 0 Å². The van der Waals surface area contributed by atoms with Crippen LogP contribution in [0, 0.1) is 0 Å². The average Bonchev–Trinajstić information content (AvgIpc) is 2.17. The largest absolute Gasteiger partial charge is 0.412 e. The number of ether oxygens (including phenoxy) is 1. The molecule has 0 spiro atoms. The molecule has 2 rings (SSSR count). The first-order valence-electron chi connectivity index (χ1n) is 4.52. The molecule has 1 aromatic carbocycles. The normalized spacial score (nSPS) is 17.5. The summed E-state index contributed by atoms with van der Waals surface area (Å²) in [5.41, 5.74) is 2.86. The third kappa shape index (κ3) is 3.65. The zero-order valence-corrected chi connectivity index (χ0v) is 10.4. The first-order valence-corrected chi connectivity index (χ1v) is 4.52. The Morgan fingerprint density at radius 1 is 1.20 bits per heavy atom. The molecule has 0 saturated heterocycles. The Bertz CT molecular complexity index is 279. The van der Waals surface area contributed by atoms with E-state index in [1.54, 1.807) is 7.11 Å². The fourth-order valence-corrected chi connectivity index (χ4v) is 1.95. The fourth-order valence-electron chi connectivity index (χ4n) is 1.95. The van der Waals surface area contributed by atoms with Crippen molar-refractivity contribution in [1.82, 2.24) is 0 Å². The second kappa shape index (κ2) is 7.94. The van der Waals surface area contributed by atoms with Crippen molar-refractivity contribution in [2.75, 3.05) is 7.11 Å². The SMILES string of the molecule is COC1CCCc2ccccc21.Cl.Cl.O. The van der Waals surface area contributed by atoms with Crippen molar-refractivity contribution < 1.29 is 10.2 Å². The molecule has 4 heteroatoms. The van der Waals surface area contributed by atoms with Crippen LogP contribution in [0.5, 0.6) is 0 Å². The van der Waals surface area contributed by atoms with Gasteiger partial charge in [0.05, 0.1) is 6.10 Å². The molecule has 1 aliphatic carbocycles. The monoisotopic (exact) mass is 252 g/mol. The Labute approximate surface area is 103 Å². The second-order valence-electron chi connectivity index (χ2n) is 3.32. The molecule has 2 nitrogen and oxygen atoms in total. The molecule has 15 heavy (non-hydrogen) atoms. The van der Waals surface area contributed by atoms with Crippen molar-refractivity contribution in [2.45, 2.75) is 25.4 Å². The van der Waals surface area contributed by atoms with Crippen molar-refractivity contribution in [3.05, 3.63) is 35.4 Å². The van der Waals surface area contributed by atoms with Crippen molar-refractivity contribution in [1.29, 1.82) is 0 Å². The summed E-state index contributed by atoms with van der Waals surface area (Å²) in [6.45, 7) is 0. The van der Waals surface area contributed by atoms with Crippen LogP contribution in [-0.4, -0.2) is 12.6 Å². The van der Waals surface area contributed by atoms with E-state index in [0.717, 1.165) is 0 Å². The van der Waals surface area contributed by atoms with E-state index in [9.17, 15) is 0 Å². The predicted molar refractivity (Wildman–Crippen MR) is 67.2 cm³/mol. The Morgan fingerprint density at radius 2 is 1.87 bits per heavy atom. The molecular formula is C11H18Cl2O2. The van der Waals surface area contributed by atoms with Gasteiger partial charge < -0.3 is 10.2 Å². The van der Waals surface area contributed by atoms with E-state index in [-0.39, 0.29) is 30.3 Å². The Hall–Kier alpha value is -0.280. The minimum absolute atomic E-state index is 0. The molecule has 0 heterocycles. The van der Waals surface area contributed by atoms with Crippen LogP contribution in [0.2, 0.25) is 0 Å². The second-order valence-corrected chi connectivity index (χ2v) is 3.32. The molecule has 1 aliphatic rings. The van der Waals surface area contributed by atoms with E-state index in [0.29, 0.717) is 6.10 Å². The van der Waals surface area contributed by atoms with Gasteiger partial charge in [0.1, 0.15) is 0 Å². The van der Waals surface area contributed by atoms with Crippen molar-refractivity contribution in [3.8, 4) is 0 Å². The lowest BCUT2D eigenvalue weighted by molar-refractivity contribution is 0.0881. The van der Waals surface area contributed by atoms with Gasteiger partial charge in [-0.15, -0.1) is 24.8 Å². The molecule has 2 N–H and O–H groups in total. The molecule has 0 bridgehead atoms. The molecule has 0 aromatic heterocycles. The van der Waals surface area contributed by atoms with Crippen molar-refractivity contribution in [2.24, 2.45) is 0 Å². The molecule has 0 fully saturated rings. The highest BCUT2D eigenvalue weighted by Gasteiger charge is 2.18. The lowest BCUT2D eigenvalue weighted by Gasteiger charge is -2.23. The summed E-state index contributed by atoms with van der Waals surface area (Å²) in [4.78, 5) is 0. The third-order valence-electron chi connectivity index (χ3n) is 2.60. The number of hydrogen-bond donors (Lipinski definition) is 0. The average molecular weight is 253 g/mol. The first-order chi connectivity index (χ1) is 5.92. The minimum atomic E-state index is 0. The predicted octanol–water partition coefficient (Wildman–Crippen LogP) is 2.73. The molecular weight excluding hydrogens is 235 g/mol. The van der Waals surface area contributed by atoms with Crippen molar-refractivity contribution in [3.63, 3.8) is 0 Å². The van der Waals surface area contributed by atoms with Crippen LogP contribution in [0.4, 0.5) is 0 Å². The Balaban J connectivity index is 0. The van der Waals surface area contributed by atoms with Gasteiger partial charge >= 0.3 is 0 Å². The summed E-state index contributed by atoms with van der Waals surface area (Å²) in [5, 5.41) is 0. The quantitative estimate of drug-likeness (QED) is 0.758. The van der Waals surface area contributed by atoms with Gasteiger partial charge in [-0.1, -0.05) is 24.3 Å². The van der Waals surface area contributed by atoms with Gasteiger partial charge in [0.15, 0.2) is 0 Å². The molecule has 0 radical (unpaired) electrons. The van der Waals surface area contributed by atoms with Gasteiger partial charge in [-0.3, -0.25) is 0 Å². The first kappa shape index (κ1) is 17.1. The number of hydrogen-bond acceptors (Lipinski definition) is 1. The summed E-state index contributed by atoms with van der Waals surface area (Å²) in [6, 6.07) is 8.59. The highest BCUT2D eigenvalue weighted by molar-refractivity contribution is 5.85. The highest BCUT2D eigenvalue weighted by Crippen LogP contribution is 2.31. The van der Waals surface area contributed by atoms with Gasteiger partial charge in [0.2, 0.25) is 0 Å². The maximum absolute atomic E-state index is 5.42. The van der Waals surface area contributed by atoms with Gasteiger partial charge in [0, 0.05) is 7.11 Å². The van der Waals surface area contributed by atoms with E-state index >= 15 is 0 Å². The van der Waals surface area contributed by atoms with Crippen LogP contribution in [0.1, 0.15) is 30.1 Å². The van der Waals surface area contributed by atoms with Crippen LogP contribution in [0.3, 0.4) is 0 Å². The van der Waals surface area contributed by atoms with Gasteiger partial charge in [-0.05, 0) is 30.4 Å². The zero-order chi connectivity index (χ0) is 8.39. The number of benzene rings is 1. The van der Waals surface area contributed by atoms with Gasteiger partial charge in [-0.2, -0.15) is 0 Å². The maximum atomic E-state index is 5.42. The Kier molecular flexibility index (Phi) is 9.07. The van der Waals surface area contributed by atoms with Gasteiger partial charge in [0.25, 0.3) is 0 Å². The molecule has 0 aliphatic heterocycles. The molecule has 1 unspecified atom stereocenters. The van der Waals surface area contributed by atoms with E-state index in [2.05, 4.69) is 24.3 Å². The molecule has 0 amide bonds. The molecule has 88 valence electrons. The Morgan fingerprint density at radius 3 is 2.53 bits per heavy atom. The van der Waals surface area contributed by atoms with E-state index in [4.69, 9.17) is 4.74 Å². The summed E-state index contributed by atoms with van der Waals surface area (Å²) < 4.78 is 5.42. The van der Waals surface area contributed by atoms with E-state index in [1.165, 1.54) is 30.4 Å². The maximum Gasteiger partial charge on any atom is 0.0823 e. The third-order valence-corrected chi connectivity index (χ3v) is 2.60.